The smallest absolute Gasteiger partial charge is 0.339 e. The number of nitrogens with zero attached hydrogens (tertiary/aromatic N) is 2. The zero-order valence-electron chi connectivity index (χ0n) is 20.6. The van der Waals surface area contributed by atoms with E-state index in [1.807, 2.05) is 60.7 Å². The number of halogens is 1. The second-order valence-electron chi connectivity index (χ2n) is 8.63. The molecule has 0 saturated carbocycles. The molecule has 5 rings (SSSR count). The number of benzene rings is 4. The summed E-state index contributed by atoms with van der Waals surface area (Å²) in [5.74, 6) is 0.0228. The van der Waals surface area contributed by atoms with Crippen molar-refractivity contribution >= 4 is 50.6 Å². The number of amidine groups is 1. The minimum Gasteiger partial charge on any atom is -0.379 e. The van der Waals surface area contributed by atoms with E-state index < -0.39 is 10.1 Å². The minimum atomic E-state index is -4.00. The molecule has 1 saturated heterocycles. The standard InChI is InChI=1S/C30H23ClN2O4S2/c31-25-13-17-27(18-14-25)39(35,36)37-26-15-11-22(12-16-26)19-28-29(34)33(21-24-9-5-2-6-10-24)30(38-28)32-20-23-7-3-1-4-8-23/h1-19H,20-21H2/b28-19+,32-30?. The lowest BCUT2D eigenvalue weighted by Crippen LogP contribution is -2.28. The highest BCUT2D eigenvalue weighted by Gasteiger charge is 2.33. The third-order valence-electron chi connectivity index (χ3n) is 5.80. The van der Waals surface area contributed by atoms with Crippen molar-refractivity contribution in [1.82, 2.24) is 4.90 Å². The highest BCUT2D eigenvalue weighted by Crippen LogP contribution is 2.34. The molecule has 0 atom stereocenters. The van der Waals surface area contributed by atoms with Crippen LogP contribution < -0.4 is 4.18 Å². The molecule has 0 radical (unpaired) electrons. The third-order valence-corrected chi connectivity index (χ3v) is 8.36. The van der Waals surface area contributed by atoms with Crippen LogP contribution in [0.2, 0.25) is 5.02 Å². The molecule has 0 unspecified atom stereocenters. The Morgan fingerprint density at radius 1 is 0.821 bits per heavy atom. The molecule has 0 N–H and O–H groups in total. The van der Waals surface area contributed by atoms with Gasteiger partial charge in [0.1, 0.15) is 10.6 Å². The van der Waals surface area contributed by atoms with Gasteiger partial charge in [-0.3, -0.25) is 14.7 Å². The number of hydrogen-bond acceptors (Lipinski definition) is 6. The molecule has 1 fully saturated rings. The van der Waals surface area contributed by atoms with Crippen LogP contribution in [0.3, 0.4) is 0 Å². The summed E-state index contributed by atoms with van der Waals surface area (Å²) in [5.41, 5.74) is 2.79. The van der Waals surface area contributed by atoms with Gasteiger partial charge in [-0.05, 0) is 70.9 Å². The van der Waals surface area contributed by atoms with Gasteiger partial charge in [0.2, 0.25) is 0 Å². The fourth-order valence-electron chi connectivity index (χ4n) is 3.82. The molecule has 196 valence electrons. The zero-order valence-corrected chi connectivity index (χ0v) is 23.0. The van der Waals surface area contributed by atoms with Gasteiger partial charge in [0.05, 0.1) is 18.0 Å². The molecule has 1 amide bonds. The lowest BCUT2D eigenvalue weighted by atomic mass is 10.2. The van der Waals surface area contributed by atoms with Crippen molar-refractivity contribution in [3.05, 3.63) is 136 Å². The average molecular weight is 575 g/mol. The molecule has 4 aromatic rings. The topological polar surface area (TPSA) is 76.0 Å². The van der Waals surface area contributed by atoms with E-state index in [0.29, 0.717) is 28.2 Å². The number of carbonyl (C=O) groups is 1. The molecule has 1 aliphatic rings. The number of hydrogen-bond donors (Lipinski definition) is 0. The highest BCUT2D eigenvalue weighted by atomic mass is 35.5. The van der Waals surface area contributed by atoms with Crippen LogP contribution in [0, 0.1) is 0 Å². The zero-order chi connectivity index (χ0) is 27.2. The van der Waals surface area contributed by atoms with Crippen LogP contribution in [0.4, 0.5) is 0 Å². The van der Waals surface area contributed by atoms with Crippen molar-refractivity contribution < 1.29 is 17.4 Å². The lowest BCUT2D eigenvalue weighted by molar-refractivity contribution is -0.122. The third kappa shape index (κ3) is 6.78. The first-order valence-corrected chi connectivity index (χ1v) is 14.6. The first-order chi connectivity index (χ1) is 18.9. The van der Waals surface area contributed by atoms with Gasteiger partial charge in [-0.15, -0.1) is 0 Å². The van der Waals surface area contributed by atoms with E-state index in [0.717, 1.165) is 16.7 Å². The van der Waals surface area contributed by atoms with E-state index in [1.165, 1.54) is 36.0 Å². The summed E-state index contributed by atoms with van der Waals surface area (Å²) in [6.45, 7) is 0.871. The normalized spacial score (nSPS) is 15.7. The van der Waals surface area contributed by atoms with Gasteiger partial charge >= 0.3 is 10.1 Å². The molecule has 4 aromatic carbocycles. The van der Waals surface area contributed by atoms with Crippen molar-refractivity contribution in [3.8, 4) is 5.75 Å². The highest BCUT2D eigenvalue weighted by molar-refractivity contribution is 8.18. The van der Waals surface area contributed by atoms with Gasteiger partial charge in [0.25, 0.3) is 5.91 Å². The quantitative estimate of drug-likeness (QED) is 0.171. The van der Waals surface area contributed by atoms with Gasteiger partial charge in [-0.25, -0.2) is 0 Å². The maximum atomic E-state index is 13.4. The summed E-state index contributed by atoms with van der Waals surface area (Å²) in [7, 11) is -4.00. The molecular weight excluding hydrogens is 552 g/mol. The monoisotopic (exact) mass is 574 g/mol. The van der Waals surface area contributed by atoms with E-state index in [-0.39, 0.29) is 16.6 Å². The predicted octanol–water partition coefficient (Wildman–Crippen LogP) is 6.78. The van der Waals surface area contributed by atoms with Crippen LogP contribution in [-0.2, 0) is 28.0 Å². The molecule has 39 heavy (non-hydrogen) atoms. The Hall–Kier alpha value is -3.85. The number of amides is 1. The Labute approximate surface area is 236 Å². The maximum absolute atomic E-state index is 13.4. The number of carbonyl (C=O) groups excluding carboxylic acids is 1. The molecule has 0 bridgehead atoms. The van der Waals surface area contributed by atoms with Gasteiger partial charge in [-0.1, -0.05) is 84.4 Å². The van der Waals surface area contributed by atoms with Crippen LogP contribution >= 0.6 is 23.4 Å². The number of rotatable bonds is 8. The van der Waals surface area contributed by atoms with Crippen LogP contribution in [0.15, 0.2) is 124 Å². The lowest BCUT2D eigenvalue weighted by Gasteiger charge is -2.15. The number of aliphatic imine (C=N–C) groups is 1. The summed E-state index contributed by atoms with van der Waals surface area (Å²) < 4.78 is 30.4. The Bertz CT molecular complexity index is 1620. The van der Waals surface area contributed by atoms with E-state index >= 15 is 0 Å². The molecule has 9 heteroatoms. The van der Waals surface area contributed by atoms with Gasteiger partial charge in [0, 0.05) is 5.02 Å². The Balaban J connectivity index is 1.35. The van der Waals surface area contributed by atoms with E-state index in [4.69, 9.17) is 20.8 Å². The second kappa shape index (κ2) is 11.9. The van der Waals surface area contributed by atoms with E-state index in [2.05, 4.69) is 0 Å². The Morgan fingerprint density at radius 2 is 1.44 bits per heavy atom. The summed E-state index contributed by atoms with van der Waals surface area (Å²) in [5, 5.41) is 1.06. The minimum absolute atomic E-state index is 0.00636. The van der Waals surface area contributed by atoms with Crippen molar-refractivity contribution in [2.45, 2.75) is 18.0 Å². The summed E-state index contributed by atoms with van der Waals surface area (Å²) in [4.78, 5) is 20.4. The second-order valence-corrected chi connectivity index (χ2v) is 11.6. The van der Waals surface area contributed by atoms with Crippen molar-refractivity contribution in [2.24, 2.45) is 4.99 Å². The number of thioether (sulfide) groups is 1. The largest absolute Gasteiger partial charge is 0.379 e. The van der Waals surface area contributed by atoms with Crippen molar-refractivity contribution in [1.29, 1.82) is 0 Å². The molecule has 0 spiro atoms. The van der Waals surface area contributed by atoms with Crippen LogP contribution in [0.25, 0.3) is 6.08 Å². The van der Waals surface area contributed by atoms with E-state index in [1.54, 1.807) is 35.2 Å². The van der Waals surface area contributed by atoms with E-state index in [9.17, 15) is 13.2 Å². The van der Waals surface area contributed by atoms with Crippen molar-refractivity contribution in [2.75, 3.05) is 0 Å². The van der Waals surface area contributed by atoms with Crippen LogP contribution in [0.5, 0.6) is 5.75 Å². The fraction of sp³-hybridized carbons (Fsp3) is 0.0667. The summed E-state index contributed by atoms with van der Waals surface area (Å²) in [6, 6.07) is 31.9. The molecule has 0 aliphatic carbocycles. The average Bonchev–Trinajstić information content (AvgIpc) is 3.23. The van der Waals surface area contributed by atoms with Crippen LogP contribution in [-0.4, -0.2) is 24.4 Å². The molecule has 1 heterocycles. The predicted molar refractivity (Wildman–Crippen MR) is 156 cm³/mol. The Morgan fingerprint density at radius 3 is 2.08 bits per heavy atom. The Kier molecular flexibility index (Phi) is 8.16. The van der Waals surface area contributed by atoms with Gasteiger partial charge < -0.3 is 4.18 Å². The summed E-state index contributed by atoms with van der Waals surface area (Å²) >= 11 is 7.17. The summed E-state index contributed by atoms with van der Waals surface area (Å²) in [6.07, 6.45) is 1.77. The van der Waals surface area contributed by atoms with Gasteiger partial charge in [-0.2, -0.15) is 8.42 Å². The first kappa shape index (κ1) is 26.7. The SMILES string of the molecule is O=C1/C(=C\c2ccc(OS(=O)(=O)c3ccc(Cl)cc3)cc2)SC(=NCc2ccccc2)N1Cc1ccccc1. The fourth-order valence-corrected chi connectivity index (χ4v) is 5.85. The molecular formula is C30H23ClN2O4S2. The maximum Gasteiger partial charge on any atom is 0.339 e. The van der Waals surface area contributed by atoms with Crippen molar-refractivity contribution in [3.63, 3.8) is 0 Å². The van der Waals surface area contributed by atoms with Crippen LogP contribution in [0.1, 0.15) is 16.7 Å². The molecule has 1 aliphatic heterocycles. The first-order valence-electron chi connectivity index (χ1n) is 12.0. The molecule has 0 aromatic heterocycles. The molecule has 6 nitrogen and oxygen atoms in total. The van der Waals surface area contributed by atoms with Gasteiger partial charge in [0.15, 0.2) is 5.17 Å².